The Morgan fingerprint density at radius 3 is 2.61 bits per heavy atom. The van der Waals surface area contributed by atoms with Gasteiger partial charge in [-0.1, -0.05) is 20.8 Å². The fourth-order valence-electron chi connectivity index (χ4n) is 1.18. The molecule has 0 N–H and O–H groups in total. The first-order chi connectivity index (χ1) is 8.49. The van der Waals surface area contributed by atoms with Crippen molar-refractivity contribution in [2.75, 3.05) is 7.11 Å². The van der Waals surface area contributed by atoms with Crippen molar-refractivity contribution in [2.24, 2.45) is 5.92 Å². The molecule has 1 heterocycles. The maximum atomic E-state index is 11.3. The topological polar surface area (TPSA) is 63.0 Å². The second-order valence-corrected chi connectivity index (χ2v) is 5.63. The summed E-state index contributed by atoms with van der Waals surface area (Å²) in [5.74, 6) is -0.0261. The summed E-state index contributed by atoms with van der Waals surface area (Å²) < 4.78 is 4.58. The van der Waals surface area contributed by atoms with Crippen molar-refractivity contribution in [3.8, 4) is 6.07 Å². The Hall–Kier alpha value is -1.54. The molecule has 18 heavy (non-hydrogen) atoms. The number of thioether (sulfide) groups is 1. The van der Waals surface area contributed by atoms with Gasteiger partial charge >= 0.3 is 5.97 Å². The lowest BCUT2D eigenvalue weighted by molar-refractivity contribution is 0.0594. The molecule has 4 nitrogen and oxygen atoms in total. The minimum atomic E-state index is -0.528. The molecule has 0 saturated heterocycles. The van der Waals surface area contributed by atoms with Crippen LogP contribution in [-0.2, 0) is 4.74 Å². The molecule has 0 unspecified atom stereocenters. The molecule has 0 spiro atoms. The van der Waals surface area contributed by atoms with Gasteiger partial charge in [-0.3, -0.25) is 0 Å². The summed E-state index contributed by atoms with van der Waals surface area (Å²) in [5.41, 5.74) is 0.436. The number of hydrogen-bond donors (Lipinski definition) is 0. The van der Waals surface area contributed by atoms with Crippen LogP contribution >= 0.6 is 11.8 Å². The number of carbonyl (C=O) groups excluding carboxylic acids is 1. The van der Waals surface area contributed by atoms with E-state index in [2.05, 4.69) is 30.5 Å². The molecule has 0 bridgehead atoms. The van der Waals surface area contributed by atoms with E-state index in [1.165, 1.54) is 7.11 Å². The van der Waals surface area contributed by atoms with Gasteiger partial charge in [0.1, 0.15) is 11.8 Å². The lowest BCUT2D eigenvalue weighted by Gasteiger charge is -2.15. The van der Waals surface area contributed by atoms with Crippen LogP contribution < -0.4 is 0 Å². The number of esters is 1. The van der Waals surface area contributed by atoms with Gasteiger partial charge in [0.15, 0.2) is 5.69 Å². The van der Waals surface area contributed by atoms with E-state index in [1.54, 1.807) is 23.9 Å². The second-order valence-electron chi connectivity index (χ2n) is 4.21. The van der Waals surface area contributed by atoms with Crippen molar-refractivity contribution in [3.63, 3.8) is 0 Å². The Balaban J connectivity index is 3.02. The lowest BCUT2D eigenvalue weighted by Crippen LogP contribution is -2.08. The van der Waals surface area contributed by atoms with Gasteiger partial charge in [-0.15, -0.1) is 11.8 Å². The van der Waals surface area contributed by atoms with E-state index in [9.17, 15) is 4.79 Å². The fraction of sp³-hybridized carbons (Fsp3) is 0.462. The number of rotatable bonds is 4. The first-order valence-electron chi connectivity index (χ1n) is 5.65. The third-order valence-electron chi connectivity index (χ3n) is 2.61. The van der Waals surface area contributed by atoms with Crippen molar-refractivity contribution < 1.29 is 9.53 Å². The van der Waals surface area contributed by atoms with Gasteiger partial charge in [-0.05, 0) is 18.1 Å². The van der Waals surface area contributed by atoms with Gasteiger partial charge in [0.2, 0.25) is 0 Å². The molecule has 0 amide bonds. The molecule has 1 aromatic rings. The molecule has 0 aliphatic rings. The Bertz CT molecular complexity index is 480. The molecule has 1 rings (SSSR count). The predicted octanol–water partition coefficient (Wildman–Crippen LogP) is 2.88. The van der Waals surface area contributed by atoms with Gasteiger partial charge in [0, 0.05) is 10.1 Å². The van der Waals surface area contributed by atoms with Gasteiger partial charge < -0.3 is 4.74 Å². The standard InChI is InChI=1S/C13H16N2O2S/c1-8(2)9(3)18-12-6-5-10(13(16)17-4)15-11(12)7-14/h5-6,8-9H,1-4H3/t9-/m0/s1. The second kappa shape index (κ2) is 6.41. The largest absolute Gasteiger partial charge is 0.464 e. The summed E-state index contributed by atoms with van der Waals surface area (Å²) in [6.45, 7) is 6.35. The first kappa shape index (κ1) is 14.5. The number of ether oxygens (including phenoxy) is 1. The van der Waals surface area contributed by atoms with Crippen LogP contribution in [0.1, 0.15) is 37.0 Å². The predicted molar refractivity (Wildman–Crippen MR) is 70.4 cm³/mol. The SMILES string of the molecule is COC(=O)c1ccc(S[C@@H](C)C(C)C)c(C#N)n1. The first-order valence-corrected chi connectivity index (χ1v) is 6.53. The average Bonchev–Trinajstić information content (AvgIpc) is 2.37. The number of carbonyl (C=O) groups is 1. The highest BCUT2D eigenvalue weighted by atomic mass is 32.2. The molecular weight excluding hydrogens is 248 g/mol. The summed E-state index contributed by atoms with van der Waals surface area (Å²) in [7, 11) is 1.29. The molecule has 0 aromatic carbocycles. The van der Waals surface area contributed by atoms with Crippen LogP contribution in [0.25, 0.3) is 0 Å². The fourth-order valence-corrected chi connectivity index (χ4v) is 2.20. The molecule has 1 atom stereocenters. The number of pyridine rings is 1. The Kier molecular flexibility index (Phi) is 5.17. The third kappa shape index (κ3) is 3.47. The Morgan fingerprint density at radius 2 is 2.11 bits per heavy atom. The minimum Gasteiger partial charge on any atom is -0.464 e. The molecule has 5 heteroatoms. The number of aromatic nitrogens is 1. The Labute approximate surface area is 111 Å². The van der Waals surface area contributed by atoms with E-state index in [-0.39, 0.29) is 11.4 Å². The zero-order valence-corrected chi connectivity index (χ0v) is 11.7. The molecule has 0 saturated carbocycles. The van der Waals surface area contributed by atoms with Gasteiger partial charge in [0.25, 0.3) is 0 Å². The van der Waals surface area contributed by atoms with Crippen LogP contribution in [0.2, 0.25) is 0 Å². The van der Waals surface area contributed by atoms with Crippen molar-refractivity contribution in [1.82, 2.24) is 4.98 Å². The summed E-state index contributed by atoms with van der Waals surface area (Å²) in [6.07, 6.45) is 0. The number of methoxy groups -OCH3 is 1. The maximum Gasteiger partial charge on any atom is 0.356 e. The molecule has 0 aliphatic carbocycles. The van der Waals surface area contributed by atoms with Crippen molar-refractivity contribution in [3.05, 3.63) is 23.5 Å². The normalized spacial score (nSPS) is 12.0. The molecule has 0 radical (unpaired) electrons. The van der Waals surface area contributed by atoms with E-state index < -0.39 is 5.97 Å². The van der Waals surface area contributed by atoms with E-state index in [0.29, 0.717) is 11.2 Å². The van der Waals surface area contributed by atoms with E-state index >= 15 is 0 Å². The quantitative estimate of drug-likeness (QED) is 0.618. The van der Waals surface area contributed by atoms with Crippen LogP contribution in [-0.4, -0.2) is 23.3 Å². The molecule has 0 aliphatic heterocycles. The van der Waals surface area contributed by atoms with E-state index in [0.717, 1.165) is 4.90 Å². The number of nitriles is 1. The van der Waals surface area contributed by atoms with Crippen LogP contribution in [0.3, 0.4) is 0 Å². The minimum absolute atomic E-state index is 0.163. The lowest BCUT2D eigenvalue weighted by atomic mass is 10.2. The van der Waals surface area contributed by atoms with Crippen LogP contribution in [0, 0.1) is 17.2 Å². The highest BCUT2D eigenvalue weighted by Crippen LogP contribution is 2.29. The maximum absolute atomic E-state index is 11.3. The third-order valence-corrected chi connectivity index (χ3v) is 4.11. The number of hydrogen-bond acceptors (Lipinski definition) is 5. The highest BCUT2D eigenvalue weighted by Gasteiger charge is 2.15. The van der Waals surface area contributed by atoms with Crippen LogP contribution in [0.4, 0.5) is 0 Å². The zero-order chi connectivity index (χ0) is 13.7. The van der Waals surface area contributed by atoms with E-state index in [1.807, 2.05) is 6.07 Å². The Morgan fingerprint density at radius 1 is 1.44 bits per heavy atom. The number of nitrogens with zero attached hydrogens (tertiary/aromatic N) is 2. The molecule has 1 aromatic heterocycles. The zero-order valence-electron chi connectivity index (χ0n) is 10.9. The highest BCUT2D eigenvalue weighted by molar-refractivity contribution is 8.00. The molecule has 96 valence electrons. The van der Waals surface area contributed by atoms with Crippen LogP contribution in [0.5, 0.6) is 0 Å². The van der Waals surface area contributed by atoms with Gasteiger partial charge in [-0.2, -0.15) is 5.26 Å². The summed E-state index contributed by atoms with van der Waals surface area (Å²) in [6, 6.07) is 5.36. The van der Waals surface area contributed by atoms with Crippen molar-refractivity contribution in [2.45, 2.75) is 30.9 Å². The average molecular weight is 264 g/mol. The van der Waals surface area contributed by atoms with E-state index in [4.69, 9.17) is 5.26 Å². The summed E-state index contributed by atoms with van der Waals surface area (Å²) >= 11 is 1.59. The van der Waals surface area contributed by atoms with Crippen molar-refractivity contribution in [1.29, 1.82) is 5.26 Å². The van der Waals surface area contributed by atoms with Gasteiger partial charge in [0.05, 0.1) is 7.11 Å². The summed E-state index contributed by atoms with van der Waals surface area (Å²) in [4.78, 5) is 16.1. The summed E-state index contributed by atoms with van der Waals surface area (Å²) in [5, 5.41) is 9.45. The monoisotopic (exact) mass is 264 g/mol. The molecular formula is C13H16N2O2S. The van der Waals surface area contributed by atoms with Crippen LogP contribution in [0.15, 0.2) is 17.0 Å². The smallest absolute Gasteiger partial charge is 0.356 e. The molecule has 0 fully saturated rings. The van der Waals surface area contributed by atoms with Crippen molar-refractivity contribution >= 4 is 17.7 Å². The van der Waals surface area contributed by atoms with Gasteiger partial charge in [-0.25, -0.2) is 9.78 Å².